The Bertz CT molecular complexity index is 232. The molecular formula is C11H21N3O. The monoisotopic (exact) mass is 211 g/mol. The van der Waals surface area contributed by atoms with Gasteiger partial charge in [0.15, 0.2) is 0 Å². The minimum atomic E-state index is -0.409. The summed E-state index contributed by atoms with van der Waals surface area (Å²) < 4.78 is 5.34. The first-order valence-corrected chi connectivity index (χ1v) is 5.49. The first-order chi connectivity index (χ1) is 7.11. The second-order valence-electron chi connectivity index (χ2n) is 4.44. The van der Waals surface area contributed by atoms with Crippen molar-refractivity contribution in [2.24, 2.45) is 0 Å². The summed E-state index contributed by atoms with van der Waals surface area (Å²) in [7, 11) is 3.94. The van der Waals surface area contributed by atoms with Crippen molar-refractivity contribution in [3.05, 3.63) is 0 Å². The fraction of sp³-hybridized carbons (Fsp3) is 0.909. The third-order valence-corrected chi connectivity index (χ3v) is 3.29. The van der Waals surface area contributed by atoms with Crippen LogP contribution in [-0.4, -0.2) is 50.3 Å². The van der Waals surface area contributed by atoms with Gasteiger partial charge in [0.2, 0.25) is 0 Å². The van der Waals surface area contributed by atoms with Gasteiger partial charge in [0.1, 0.15) is 5.54 Å². The highest BCUT2D eigenvalue weighted by molar-refractivity contribution is 5.03. The van der Waals surface area contributed by atoms with Crippen LogP contribution in [-0.2, 0) is 4.74 Å². The van der Waals surface area contributed by atoms with Crippen molar-refractivity contribution >= 4 is 0 Å². The first-order valence-electron chi connectivity index (χ1n) is 5.49. The third-order valence-electron chi connectivity index (χ3n) is 3.29. The summed E-state index contributed by atoms with van der Waals surface area (Å²) in [5.41, 5.74) is -0.409. The van der Waals surface area contributed by atoms with E-state index in [-0.39, 0.29) is 0 Å². The first kappa shape index (κ1) is 12.4. The maximum atomic E-state index is 9.01. The molecule has 1 aliphatic rings. The molecule has 2 unspecified atom stereocenters. The molecule has 1 aliphatic heterocycles. The smallest absolute Gasteiger partial charge is 0.104 e. The van der Waals surface area contributed by atoms with Gasteiger partial charge in [-0.05, 0) is 33.9 Å². The molecule has 1 heterocycles. The van der Waals surface area contributed by atoms with Gasteiger partial charge in [-0.2, -0.15) is 5.26 Å². The lowest BCUT2D eigenvalue weighted by atomic mass is 10.00. The lowest BCUT2D eigenvalue weighted by molar-refractivity contribution is 0.155. The van der Waals surface area contributed by atoms with Crippen LogP contribution in [0.1, 0.15) is 19.8 Å². The molecule has 1 N–H and O–H groups in total. The van der Waals surface area contributed by atoms with Gasteiger partial charge in [-0.15, -0.1) is 0 Å². The van der Waals surface area contributed by atoms with E-state index in [0.29, 0.717) is 6.04 Å². The summed E-state index contributed by atoms with van der Waals surface area (Å²) in [6.45, 7) is 4.57. The molecule has 15 heavy (non-hydrogen) atoms. The minimum Gasteiger partial charge on any atom is -0.380 e. The van der Waals surface area contributed by atoms with Gasteiger partial charge in [-0.1, -0.05) is 0 Å². The van der Waals surface area contributed by atoms with Crippen molar-refractivity contribution < 1.29 is 4.74 Å². The predicted molar refractivity (Wildman–Crippen MR) is 59.5 cm³/mol. The Morgan fingerprint density at radius 3 is 2.87 bits per heavy atom. The van der Waals surface area contributed by atoms with Crippen LogP contribution in [0.2, 0.25) is 0 Å². The van der Waals surface area contributed by atoms with E-state index < -0.39 is 5.54 Å². The highest BCUT2D eigenvalue weighted by Gasteiger charge is 2.25. The minimum absolute atomic E-state index is 0.409. The number of nitrogens with one attached hydrogen (secondary N) is 1. The molecule has 0 saturated carbocycles. The Morgan fingerprint density at radius 2 is 2.40 bits per heavy atom. The van der Waals surface area contributed by atoms with Gasteiger partial charge in [-0.3, -0.25) is 0 Å². The van der Waals surface area contributed by atoms with Crippen molar-refractivity contribution in [3.63, 3.8) is 0 Å². The largest absolute Gasteiger partial charge is 0.380 e. The molecule has 4 nitrogen and oxygen atoms in total. The maximum absolute atomic E-state index is 9.01. The molecule has 0 aromatic rings. The topological polar surface area (TPSA) is 48.3 Å². The molecule has 1 rings (SSSR count). The third kappa shape index (κ3) is 3.45. The molecule has 2 atom stereocenters. The van der Waals surface area contributed by atoms with Crippen LogP contribution in [0.15, 0.2) is 0 Å². The zero-order chi connectivity index (χ0) is 11.3. The summed E-state index contributed by atoms with van der Waals surface area (Å²) >= 11 is 0. The summed E-state index contributed by atoms with van der Waals surface area (Å²) in [6, 6.07) is 2.84. The van der Waals surface area contributed by atoms with Crippen LogP contribution in [0.5, 0.6) is 0 Å². The number of hydrogen-bond donors (Lipinski definition) is 1. The van der Waals surface area contributed by atoms with Crippen LogP contribution >= 0.6 is 0 Å². The summed E-state index contributed by atoms with van der Waals surface area (Å²) in [6.07, 6.45) is 1.95. The number of nitrogens with zero attached hydrogens (tertiary/aromatic N) is 2. The maximum Gasteiger partial charge on any atom is 0.104 e. The van der Waals surface area contributed by atoms with Crippen molar-refractivity contribution in [1.29, 1.82) is 5.26 Å². The molecular weight excluding hydrogens is 190 g/mol. The van der Waals surface area contributed by atoms with Gasteiger partial charge in [0.05, 0.1) is 12.7 Å². The van der Waals surface area contributed by atoms with E-state index in [9.17, 15) is 0 Å². The van der Waals surface area contributed by atoms with E-state index in [2.05, 4.69) is 23.3 Å². The van der Waals surface area contributed by atoms with Crippen molar-refractivity contribution in [3.8, 4) is 6.07 Å². The Kier molecular flexibility index (Phi) is 4.52. The molecule has 0 aromatic heterocycles. The second kappa shape index (κ2) is 5.45. The average Bonchev–Trinajstić information content (AvgIpc) is 2.79. The van der Waals surface area contributed by atoms with Gasteiger partial charge >= 0.3 is 0 Å². The van der Waals surface area contributed by atoms with Crippen molar-refractivity contribution in [1.82, 2.24) is 10.2 Å². The Balaban J connectivity index is 2.32. The van der Waals surface area contributed by atoms with Gasteiger partial charge < -0.3 is 15.0 Å². The number of hydrogen-bond acceptors (Lipinski definition) is 4. The zero-order valence-corrected chi connectivity index (χ0v) is 9.92. The molecule has 0 radical (unpaired) electrons. The van der Waals surface area contributed by atoms with E-state index >= 15 is 0 Å². The van der Waals surface area contributed by atoms with Crippen molar-refractivity contribution in [2.75, 3.05) is 33.9 Å². The normalized spacial score (nSPS) is 25.1. The van der Waals surface area contributed by atoms with Crippen molar-refractivity contribution in [2.45, 2.75) is 31.3 Å². The molecule has 1 fully saturated rings. The fourth-order valence-electron chi connectivity index (χ4n) is 1.69. The Hall–Kier alpha value is -0.630. The number of nitriles is 1. The number of likely N-dealkylation sites (N-methyl/N-ethyl adjacent to an activating group) is 1. The summed E-state index contributed by atoms with van der Waals surface area (Å²) in [5, 5.41) is 12.1. The second-order valence-corrected chi connectivity index (χ2v) is 4.44. The van der Waals surface area contributed by atoms with E-state index in [4.69, 9.17) is 10.00 Å². The van der Waals surface area contributed by atoms with Crippen LogP contribution in [0.25, 0.3) is 0 Å². The van der Waals surface area contributed by atoms with E-state index in [1.165, 1.54) is 0 Å². The molecule has 0 spiro atoms. The van der Waals surface area contributed by atoms with E-state index in [1.54, 1.807) is 0 Å². The fourth-order valence-corrected chi connectivity index (χ4v) is 1.69. The van der Waals surface area contributed by atoms with Crippen LogP contribution < -0.4 is 5.32 Å². The zero-order valence-electron chi connectivity index (χ0n) is 9.92. The molecule has 0 aliphatic carbocycles. The Morgan fingerprint density at radius 1 is 1.67 bits per heavy atom. The van der Waals surface area contributed by atoms with Gasteiger partial charge in [0, 0.05) is 19.2 Å². The average molecular weight is 211 g/mol. The summed E-state index contributed by atoms with van der Waals surface area (Å²) in [5.74, 6) is 0. The molecule has 1 saturated heterocycles. The van der Waals surface area contributed by atoms with Crippen LogP contribution in [0.4, 0.5) is 0 Å². The molecule has 0 amide bonds. The highest BCUT2D eigenvalue weighted by atomic mass is 16.5. The molecule has 86 valence electrons. The summed E-state index contributed by atoms with van der Waals surface area (Å²) in [4.78, 5) is 2.29. The van der Waals surface area contributed by atoms with Gasteiger partial charge in [-0.25, -0.2) is 0 Å². The van der Waals surface area contributed by atoms with Crippen LogP contribution in [0, 0.1) is 11.3 Å². The quantitative estimate of drug-likeness (QED) is 0.723. The lowest BCUT2D eigenvalue weighted by Crippen LogP contribution is -2.43. The number of rotatable bonds is 5. The molecule has 0 bridgehead atoms. The Labute approximate surface area is 92.2 Å². The van der Waals surface area contributed by atoms with Crippen LogP contribution in [0.3, 0.4) is 0 Å². The predicted octanol–water partition coefficient (Wildman–Crippen LogP) is 0.599. The van der Waals surface area contributed by atoms with E-state index in [1.807, 2.05) is 14.0 Å². The SMILES string of the molecule is CNC(C)(C#N)CCN(C)C1CCOC1. The van der Waals surface area contributed by atoms with Gasteiger partial charge in [0.25, 0.3) is 0 Å². The number of ether oxygens (including phenoxy) is 1. The highest BCUT2D eigenvalue weighted by Crippen LogP contribution is 2.14. The standard InChI is InChI=1S/C11H21N3O/c1-11(9-12,13-2)5-6-14(3)10-4-7-15-8-10/h10,13H,4-8H2,1-3H3. The van der Waals surface area contributed by atoms with E-state index in [0.717, 1.165) is 32.6 Å². The molecule has 0 aromatic carbocycles. The molecule has 4 heteroatoms. The lowest BCUT2D eigenvalue weighted by Gasteiger charge is -2.27.